The molecule has 0 bridgehead atoms. The maximum atomic E-state index is 12.3. The molecule has 0 atom stereocenters. The van der Waals surface area contributed by atoms with Crippen LogP contribution in [0.15, 0.2) is 59.5 Å². The Morgan fingerprint density at radius 2 is 1.73 bits per heavy atom. The number of sulfonamides is 1. The number of nitrogens with one attached hydrogen (secondary N) is 1. The summed E-state index contributed by atoms with van der Waals surface area (Å²) in [5, 5.41) is 10.5. The normalized spacial score (nSPS) is 11.5. The van der Waals surface area contributed by atoms with Crippen molar-refractivity contribution in [3.63, 3.8) is 0 Å². The number of pyridine rings is 1. The molecule has 0 amide bonds. The fraction of sp³-hybridized carbons (Fsp3) is 0.0625. The van der Waals surface area contributed by atoms with Gasteiger partial charge >= 0.3 is 0 Å². The van der Waals surface area contributed by atoms with Crippen LogP contribution in [0.4, 0.5) is 5.82 Å². The first-order valence-electron chi connectivity index (χ1n) is 6.64. The summed E-state index contributed by atoms with van der Waals surface area (Å²) in [6.07, 6.45) is 0. The van der Waals surface area contributed by atoms with E-state index in [4.69, 9.17) is 0 Å². The number of aromatic hydroxyl groups is 1. The van der Waals surface area contributed by atoms with Crippen LogP contribution in [-0.2, 0) is 10.0 Å². The summed E-state index contributed by atoms with van der Waals surface area (Å²) in [4.78, 5) is 4.33. The minimum atomic E-state index is -3.71. The Morgan fingerprint density at radius 1 is 1.00 bits per heavy atom. The average Bonchev–Trinajstić information content (AvgIpc) is 2.48. The Hall–Kier alpha value is -2.60. The predicted molar refractivity (Wildman–Crippen MR) is 85.4 cm³/mol. The smallest absolute Gasteiger partial charge is 0.263 e. The second kappa shape index (κ2) is 5.31. The highest BCUT2D eigenvalue weighted by Gasteiger charge is 2.15. The summed E-state index contributed by atoms with van der Waals surface area (Å²) in [5.74, 6) is 0.170. The monoisotopic (exact) mass is 314 g/mol. The maximum absolute atomic E-state index is 12.3. The number of fused-ring (bicyclic) bond motifs is 1. The van der Waals surface area contributed by atoms with E-state index < -0.39 is 10.0 Å². The summed E-state index contributed by atoms with van der Waals surface area (Å²) in [7, 11) is -3.71. The molecule has 0 saturated carbocycles. The highest BCUT2D eigenvalue weighted by Crippen LogP contribution is 2.24. The van der Waals surface area contributed by atoms with Crippen molar-refractivity contribution in [3.8, 4) is 5.75 Å². The third-order valence-electron chi connectivity index (χ3n) is 3.27. The van der Waals surface area contributed by atoms with Crippen LogP contribution in [0, 0.1) is 6.92 Å². The number of phenolic OH excluding ortho intramolecular Hbond substituents is 1. The van der Waals surface area contributed by atoms with E-state index in [-0.39, 0.29) is 16.5 Å². The first kappa shape index (κ1) is 14.3. The van der Waals surface area contributed by atoms with Crippen LogP contribution in [0.1, 0.15) is 5.56 Å². The van der Waals surface area contributed by atoms with Crippen molar-refractivity contribution in [1.82, 2.24) is 4.98 Å². The van der Waals surface area contributed by atoms with E-state index in [1.165, 1.54) is 18.2 Å². The van der Waals surface area contributed by atoms with Crippen LogP contribution in [0.3, 0.4) is 0 Å². The van der Waals surface area contributed by atoms with Gasteiger partial charge in [0.2, 0.25) is 0 Å². The highest BCUT2D eigenvalue weighted by atomic mass is 32.2. The highest BCUT2D eigenvalue weighted by molar-refractivity contribution is 7.92. The number of rotatable bonds is 3. The fourth-order valence-electron chi connectivity index (χ4n) is 2.10. The topological polar surface area (TPSA) is 79.3 Å². The second-order valence-electron chi connectivity index (χ2n) is 4.96. The van der Waals surface area contributed by atoms with E-state index in [0.29, 0.717) is 5.52 Å². The number of benzene rings is 2. The van der Waals surface area contributed by atoms with E-state index in [2.05, 4.69) is 9.71 Å². The predicted octanol–water partition coefficient (Wildman–Crippen LogP) is 3.05. The van der Waals surface area contributed by atoms with E-state index in [1.54, 1.807) is 36.4 Å². The Labute approximate surface area is 128 Å². The van der Waals surface area contributed by atoms with Crippen LogP contribution < -0.4 is 4.72 Å². The zero-order valence-corrected chi connectivity index (χ0v) is 12.6. The molecule has 0 aliphatic carbocycles. The van der Waals surface area contributed by atoms with E-state index in [9.17, 15) is 13.5 Å². The van der Waals surface area contributed by atoms with Gasteiger partial charge in [0.05, 0.1) is 4.90 Å². The molecule has 1 aromatic heterocycles. The van der Waals surface area contributed by atoms with Crippen LogP contribution in [0.25, 0.3) is 10.9 Å². The van der Waals surface area contributed by atoms with Gasteiger partial charge in [-0.15, -0.1) is 0 Å². The zero-order valence-electron chi connectivity index (χ0n) is 11.8. The first-order valence-corrected chi connectivity index (χ1v) is 8.12. The average molecular weight is 314 g/mol. The Morgan fingerprint density at radius 3 is 2.45 bits per heavy atom. The molecule has 3 aromatic rings. The van der Waals surface area contributed by atoms with Crippen molar-refractivity contribution in [2.75, 3.05) is 4.72 Å². The molecule has 0 aliphatic heterocycles. The minimum absolute atomic E-state index is 0.00823. The van der Waals surface area contributed by atoms with Gasteiger partial charge in [-0.3, -0.25) is 4.72 Å². The van der Waals surface area contributed by atoms with Crippen LogP contribution in [0.2, 0.25) is 0 Å². The third-order valence-corrected chi connectivity index (χ3v) is 4.64. The SMILES string of the molecule is Cc1ccc(S(=O)(=O)Nc2ccc3cccc(O)c3n2)cc1. The summed E-state index contributed by atoms with van der Waals surface area (Å²) < 4.78 is 27.1. The standard InChI is InChI=1S/C16H14N2O3S/c1-11-5-8-13(9-6-11)22(20,21)18-15-10-7-12-3-2-4-14(19)16(12)17-15/h2-10,19H,1H3,(H,17,18). The summed E-state index contributed by atoms with van der Waals surface area (Å²) in [6.45, 7) is 1.89. The lowest BCUT2D eigenvalue weighted by atomic mass is 10.2. The van der Waals surface area contributed by atoms with Gasteiger partial charge in [-0.25, -0.2) is 13.4 Å². The van der Waals surface area contributed by atoms with E-state index >= 15 is 0 Å². The van der Waals surface area contributed by atoms with Crippen LogP contribution in [-0.4, -0.2) is 18.5 Å². The van der Waals surface area contributed by atoms with E-state index in [0.717, 1.165) is 10.9 Å². The second-order valence-corrected chi connectivity index (χ2v) is 6.65. The van der Waals surface area contributed by atoms with Gasteiger partial charge in [0, 0.05) is 5.39 Å². The lowest BCUT2D eigenvalue weighted by Gasteiger charge is -2.09. The molecular formula is C16H14N2O3S. The summed E-state index contributed by atoms with van der Waals surface area (Å²) >= 11 is 0. The molecule has 0 fully saturated rings. The number of hydrogen-bond donors (Lipinski definition) is 2. The van der Waals surface area contributed by atoms with Gasteiger partial charge in [-0.05, 0) is 37.3 Å². The molecule has 5 nitrogen and oxygen atoms in total. The summed E-state index contributed by atoms with van der Waals surface area (Å²) in [6, 6.07) is 14.8. The zero-order chi connectivity index (χ0) is 15.7. The van der Waals surface area contributed by atoms with Crippen molar-refractivity contribution < 1.29 is 13.5 Å². The molecule has 3 rings (SSSR count). The molecular weight excluding hydrogens is 300 g/mol. The Balaban J connectivity index is 1.98. The molecule has 0 aliphatic rings. The van der Waals surface area contributed by atoms with Crippen molar-refractivity contribution >= 4 is 26.7 Å². The number of hydrogen-bond acceptors (Lipinski definition) is 4. The Bertz CT molecular complexity index is 935. The number of aryl methyl sites for hydroxylation is 1. The number of aromatic nitrogens is 1. The van der Waals surface area contributed by atoms with Crippen molar-refractivity contribution in [2.45, 2.75) is 11.8 Å². The molecule has 6 heteroatoms. The molecule has 2 N–H and O–H groups in total. The molecule has 1 heterocycles. The van der Waals surface area contributed by atoms with Crippen molar-refractivity contribution in [1.29, 1.82) is 0 Å². The van der Waals surface area contributed by atoms with Gasteiger partial charge in [-0.2, -0.15) is 0 Å². The van der Waals surface area contributed by atoms with Gasteiger partial charge in [0.15, 0.2) is 0 Å². The maximum Gasteiger partial charge on any atom is 0.263 e. The van der Waals surface area contributed by atoms with Crippen molar-refractivity contribution in [3.05, 3.63) is 60.2 Å². The van der Waals surface area contributed by atoms with E-state index in [1.807, 2.05) is 6.92 Å². The molecule has 0 saturated heterocycles. The molecule has 2 aromatic carbocycles. The molecule has 0 unspecified atom stereocenters. The van der Waals surface area contributed by atoms with Gasteiger partial charge in [0.25, 0.3) is 10.0 Å². The molecule has 22 heavy (non-hydrogen) atoms. The quantitative estimate of drug-likeness (QED) is 0.779. The lowest BCUT2D eigenvalue weighted by molar-refractivity contribution is 0.480. The minimum Gasteiger partial charge on any atom is -0.506 e. The third kappa shape index (κ3) is 2.73. The number of nitrogens with zero attached hydrogens (tertiary/aromatic N) is 1. The van der Waals surface area contributed by atoms with Gasteiger partial charge in [0.1, 0.15) is 17.1 Å². The first-order chi connectivity index (χ1) is 10.5. The summed E-state index contributed by atoms with van der Waals surface area (Å²) in [5.41, 5.74) is 1.33. The molecule has 0 spiro atoms. The number of para-hydroxylation sites is 1. The largest absolute Gasteiger partial charge is 0.506 e. The molecule has 0 radical (unpaired) electrons. The van der Waals surface area contributed by atoms with Crippen LogP contribution in [0.5, 0.6) is 5.75 Å². The number of anilines is 1. The lowest BCUT2D eigenvalue weighted by Crippen LogP contribution is -2.13. The van der Waals surface area contributed by atoms with Gasteiger partial charge in [-0.1, -0.05) is 29.8 Å². The fourth-order valence-corrected chi connectivity index (χ4v) is 3.10. The molecule has 112 valence electrons. The van der Waals surface area contributed by atoms with Gasteiger partial charge < -0.3 is 5.11 Å². The number of phenols is 1. The van der Waals surface area contributed by atoms with Crippen LogP contribution >= 0.6 is 0 Å². The van der Waals surface area contributed by atoms with Crippen molar-refractivity contribution in [2.24, 2.45) is 0 Å². The Kier molecular flexibility index (Phi) is 3.46.